The molecule has 0 saturated heterocycles. The highest BCUT2D eigenvalue weighted by molar-refractivity contribution is 6.26. The van der Waals surface area contributed by atoms with E-state index in [1.54, 1.807) is 0 Å². The largest absolute Gasteiger partial charge is 0.309 e. The maximum atomic E-state index is 5.51. The first-order valence-electron chi connectivity index (χ1n) is 24.4. The number of benzene rings is 11. The molecule has 0 N–H and O–H groups in total. The van der Waals surface area contributed by atoms with Crippen LogP contribution in [0.3, 0.4) is 0 Å². The molecule has 15 rings (SSSR count). The van der Waals surface area contributed by atoms with E-state index in [1.807, 2.05) is 18.2 Å². The SMILES string of the molecule is CC1(C)c2ccccc2-c2c(-c3nc(-c4ccccc4)nc(-n4c5ccccc5c5cc6c7ccccc7n(-c7cccc(-c8ccc9c%10ccccc%10c%10ccccc%10c9c8)c7)c6cc54)n3)cccc21. The molecule has 0 unspecified atom stereocenters. The molecular formula is C66H43N5. The van der Waals surface area contributed by atoms with Gasteiger partial charge in [0.25, 0.3) is 0 Å². The molecule has 71 heavy (non-hydrogen) atoms. The Morgan fingerprint density at radius 3 is 1.56 bits per heavy atom. The molecule has 0 aliphatic heterocycles. The van der Waals surface area contributed by atoms with Crippen molar-refractivity contribution in [1.82, 2.24) is 24.1 Å². The van der Waals surface area contributed by atoms with E-state index in [0.717, 1.165) is 55.2 Å². The molecule has 0 saturated carbocycles. The molecule has 0 spiro atoms. The van der Waals surface area contributed by atoms with Crippen molar-refractivity contribution in [3.63, 3.8) is 0 Å². The zero-order chi connectivity index (χ0) is 47.0. The van der Waals surface area contributed by atoms with Crippen LogP contribution in [-0.4, -0.2) is 24.1 Å². The fourth-order valence-corrected chi connectivity index (χ4v) is 12.1. The lowest BCUT2D eigenvalue weighted by Gasteiger charge is -2.21. The van der Waals surface area contributed by atoms with E-state index >= 15 is 0 Å². The average Bonchev–Trinajstić information content (AvgIpc) is 4.02. The summed E-state index contributed by atoms with van der Waals surface area (Å²) in [7, 11) is 0. The zero-order valence-corrected chi connectivity index (χ0v) is 39.1. The first-order chi connectivity index (χ1) is 35.0. The Balaban J connectivity index is 0.964. The first-order valence-corrected chi connectivity index (χ1v) is 24.4. The van der Waals surface area contributed by atoms with Crippen molar-refractivity contribution in [1.29, 1.82) is 0 Å². The summed E-state index contributed by atoms with van der Waals surface area (Å²) in [6, 6.07) is 81.4. The molecule has 1 aliphatic rings. The predicted molar refractivity (Wildman–Crippen MR) is 295 cm³/mol. The Morgan fingerprint density at radius 2 is 0.831 bits per heavy atom. The number of hydrogen-bond acceptors (Lipinski definition) is 3. The van der Waals surface area contributed by atoms with Crippen LogP contribution in [0.5, 0.6) is 0 Å². The highest BCUT2D eigenvalue weighted by atomic mass is 15.2. The van der Waals surface area contributed by atoms with Gasteiger partial charge in [-0.1, -0.05) is 196 Å². The van der Waals surface area contributed by atoms with E-state index in [1.165, 1.54) is 70.9 Å². The molecule has 0 bridgehead atoms. The molecule has 11 aromatic carbocycles. The Kier molecular flexibility index (Phi) is 8.35. The van der Waals surface area contributed by atoms with Crippen LogP contribution in [0.1, 0.15) is 25.0 Å². The minimum atomic E-state index is -0.171. The third kappa shape index (κ3) is 5.78. The van der Waals surface area contributed by atoms with Crippen molar-refractivity contribution in [2.75, 3.05) is 0 Å². The lowest BCUT2D eigenvalue weighted by atomic mass is 9.82. The van der Waals surface area contributed by atoms with Crippen molar-refractivity contribution in [2.24, 2.45) is 0 Å². The summed E-state index contributed by atoms with van der Waals surface area (Å²) in [4.78, 5) is 16.2. The van der Waals surface area contributed by atoms with E-state index in [4.69, 9.17) is 15.0 Å². The third-order valence-electron chi connectivity index (χ3n) is 15.4. The van der Waals surface area contributed by atoms with E-state index < -0.39 is 0 Å². The topological polar surface area (TPSA) is 48.5 Å². The van der Waals surface area contributed by atoms with E-state index in [9.17, 15) is 0 Å². The lowest BCUT2D eigenvalue weighted by Crippen LogP contribution is -2.14. The van der Waals surface area contributed by atoms with Crippen LogP contribution < -0.4 is 0 Å². The van der Waals surface area contributed by atoms with Crippen LogP contribution in [0.15, 0.2) is 224 Å². The molecule has 1 aliphatic carbocycles. The van der Waals surface area contributed by atoms with Crippen LogP contribution in [0.2, 0.25) is 0 Å². The normalized spacial score (nSPS) is 13.0. The van der Waals surface area contributed by atoms with Gasteiger partial charge in [-0.05, 0) is 108 Å². The van der Waals surface area contributed by atoms with Crippen LogP contribution in [0.4, 0.5) is 0 Å². The van der Waals surface area contributed by atoms with E-state index in [-0.39, 0.29) is 5.41 Å². The maximum Gasteiger partial charge on any atom is 0.238 e. The molecular weight excluding hydrogens is 863 g/mol. The Labute approximate surface area is 409 Å². The summed E-state index contributed by atoms with van der Waals surface area (Å²) >= 11 is 0. The lowest BCUT2D eigenvalue weighted by molar-refractivity contribution is 0.660. The predicted octanol–water partition coefficient (Wildman–Crippen LogP) is 16.8. The fourth-order valence-electron chi connectivity index (χ4n) is 12.1. The summed E-state index contributed by atoms with van der Waals surface area (Å²) in [5.74, 6) is 1.84. The molecule has 3 heterocycles. The number of rotatable bonds is 5. The summed E-state index contributed by atoms with van der Waals surface area (Å²) < 4.78 is 4.69. The standard InChI is InChI=1S/C66H43N5/c1-66(2)56-30-13-10-28-51(56)62-52(29-17-31-57(62)66)64-67-63(40-18-4-3-5-19-40)68-65(69-64)71-59-33-15-12-27-50(59)55-38-54-49-26-11-14-32-58(49)70(60(54)39-61(55)71)43-21-16-20-41(36-43)42-34-35-48-46-24-7-6-22-44(46)45-23-8-9-25-47(45)53(48)37-42/h3-39H,1-2H3. The highest BCUT2D eigenvalue weighted by Crippen LogP contribution is 2.52. The van der Waals surface area contributed by atoms with Gasteiger partial charge in [0.2, 0.25) is 5.95 Å². The minimum Gasteiger partial charge on any atom is -0.309 e. The molecule has 0 radical (unpaired) electrons. The van der Waals surface area contributed by atoms with E-state index in [0.29, 0.717) is 17.6 Å². The summed E-state index contributed by atoms with van der Waals surface area (Å²) in [5.41, 5.74) is 14.5. The van der Waals surface area contributed by atoms with Gasteiger partial charge >= 0.3 is 0 Å². The molecule has 0 amide bonds. The van der Waals surface area contributed by atoms with Crippen molar-refractivity contribution < 1.29 is 0 Å². The smallest absolute Gasteiger partial charge is 0.238 e. The number of aromatic nitrogens is 5. The molecule has 14 aromatic rings. The number of hydrogen-bond donors (Lipinski definition) is 0. The van der Waals surface area contributed by atoms with Gasteiger partial charge in [0.05, 0.1) is 22.1 Å². The van der Waals surface area contributed by atoms with Gasteiger partial charge in [0, 0.05) is 43.8 Å². The Hall–Kier alpha value is -9.19. The zero-order valence-electron chi connectivity index (χ0n) is 39.1. The van der Waals surface area contributed by atoms with Crippen LogP contribution >= 0.6 is 0 Å². The van der Waals surface area contributed by atoms with Crippen LogP contribution in [0, 0.1) is 0 Å². The second-order valence-corrected chi connectivity index (χ2v) is 19.5. The van der Waals surface area contributed by atoms with Gasteiger partial charge in [0.15, 0.2) is 11.6 Å². The van der Waals surface area contributed by atoms with Gasteiger partial charge in [-0.25, -0.2) is 4.98 Å². The quantitative estimate of drug-likeness (QED) is 0.162. The molecule has 0 fully saturated rings. The van der Waals surface area contributed by atoms with Gasteiger partial charge in [-0.2, -0.15) is 9.97 Å². The third-order valence-corrected chi connectivity index (χ3v) is 15.4. The van der Waals surface area contributed by atoms with Crippen molar-refractivity contribution in [2.45, 2.75) is 19.3 Å². The summed E-state index contributed by atoms with van der Waals surface area (Å²) in [6.45, 7) is 4.63. The summed E-state index contributed by atoms with van der Waals surface area (Å²) in [6.07, 6.45) is 0. The molecule has 5 heteroatoms. The van der Waals surface area contributed by atoms with Crippen molar-refractivity contribution in [3.8, 4) is 56.7 Å². The van der Waals surface area contributed by atoms with Crippen molar-refractivity contribution >= 4 is 75.9 Å². The first kappa shape index (κ1) is 39.8. The Morgan fingerprint density at radius 1 is 0.310 bits per heavy atom. The molecule has 0 atom stereocenters. The van der Waals surface area contributed by atoms with Crippen LogP contribution in [0.25, 0.3) is 133 Å². The second kappa shape index (κ2) is 14.9. The fraction of sp³-hybridized carbons (Fsp3) is 0.0455. The number of nitrogens with zero attached hydrogens (tertiary/aromatic N) is 5. The van der Waals surface area contributed by atoms with Gasteiger partial charge < -0.3 is 4.57 Å². The minimum absolute atomic E-state index is 0.171. The van der Waals surface area contributed by atoms with Gasteiger partial charge in [-0.15, -0.1) is 0 Å². The summed E-state index contributed by atoms with van der Waals surface area (Å²) in [5, 5.41) is 12.3. The molecule has 332 valence electrons. The van der Waals surface area contributed by atoms with Gasteiger partial charge in [0.1, 0.15) is 0 Å². The maximum absolute atomic E-state index is 5.51. The van der Waals surface area contributed by atoms with Gasteiger partial charge in [-0.3, -0.25) is 4.57 Å². The number of fused-ring (bicyclic) bond motifs is 15. The highest BCUT2D eigenvalue weighted by Gasteiger charge is 2.37. The Bertz CT molecular complexity index is 4520. The van der Waals surface area contributed by atoms with Crippen molar-refractivity contribution in [3.05, 3.63) is 236 Å². The number of para-hydroxylation sites is 2. The molecule has 3 aromatic heterocycles. The van der Waals surface area contributed by atoms with Crippen LogP contribution in [-0.2, 0) is 5.41 Å². The average molecular weight is 906 g/mol. The second-order valence-electron chi connectivity index (χ2n) is 19.5. The monoisotopic (exact) mass is 905 g/mol. The van der Waals surface area contributed by atoms with E-state index in [2.05, 4.69) is 229 Å². The molecule has 5 nitrogen and oxygen atoms in total.